The van der Waals surface area contributed by atoms with Crippen LogP contribution in [0.3, 0.4) is 0 Å². The normalized spacial score (nSPS) is 11.4. The third-order valence-electron chi connectivity index (χ3n) is 3.22. The average molecular weight is 439 g/mol. The minimum absolute atomic E-state index is 0. The number of rotatable bonds is 9. The van der Waals surface area contributed by atoms with E-state index < -0.39 is 0 Å². The molecule has 0 aliphatic rings. The summed E-state index contributed by atoms with van der Waals surface area (Å²) >= 11 is 1.80. The summed E-state index contributed by atoms with van der Waals surface area (Å²) in [6.07, 6.45) is 4.00. The molecule has 1 aromatic rings. The maximum absolute atomic E-state index is 4.59. The molecule has 1 aromatic heterocycles. The van der Waals surface area contributed by atoms with Crippen LogP contribution in [-0.4, -0.2) is 55.6 Å². The van der Waals surface area contributed by atoms with Crippen LogP contribution in [0.2, 0.25) is 0 Å². The van der Waals surface area contributed by atoms with E-state index in [-0.39, 0.29) is 24.0 Å². The van der Waals surface area contributed by atoms with Gasteiger partial charge in [-0.3, -0.25) is 4.99 Å². The Balaban J connectivity index is 0.00000441. The Labute approximate surface area is 156 Å². The Kier molecular flexibility index (Phi) is 12.8. The van der Waals surface area contributed by atoms with E-state index in [1.54, 1.807) is 11.3 Å². The first-order chi connectivity index (χ1) is 10.2. The van der Waals surface area contributed by atoms with Crippen LogP contribution in [0, 0.1) is 0 Å². The predicted octanol–water partition coefficient (Wildman–Crippen LogP) is 2.37. The summed E-state index contributed by atoms with van der Waals surface area (Å²) in [7, 11) is 2.11. The van der Waals surface area contributed by atoms with E-state index in [0.29, 0.717) is 0 Å². The van der Waals surface area contributed by atoms with Crippen molar-refractivity contribution in [2.75, 3.05) is 39.8 Å². The monoisotopic (exact) mass is 439 g/mol. The van der Waals surface area contributed by atoms with E-state index in [0.717, 1.165) is 51.5 Å². The van der Waals surface area contributed by atoms with Gasteiger partial charge in [0.2, 0.25) is 0 Å². The fraction of sp³-hybridized carbons (Fsp3) is 0.733. The van der Waals surface area contributed by atoms with Crippen LogP contribution in [0.5, 0.6) is 0 Å². The number of guanidine groups is 1. The molecule has 0 saturated carbocycles. The summed E-state index contributed by atoms with van der Waals surface area (Å²) in [5.74, 6) is 0.897. The number of aryl methyl sites for hydroxylation is 1. The van der Waals surface area contributed by atoms with Gasteiger partial charge >= 0.3 is 0 Å². The molecule has 0 radical (unpaired) electrons. The molecule has 5 nitrogen and oxygen atoms in total. The largest absolute Gasteiger partial charge is 0.357 e. The number of halogens is 1. The van der Waals surface area contributed by atoms with Crippen LogP contribution in [0.25, 0.3) is 0 Å². The van der Waals surface area contributed by atoms with Gasteiger partial charge < -0.3 is 15.5 Å². The molecule has 1 heterocycles. The number of hydrogen-bond donors (Lipinski definition) is 2. The second kappa shape index (κ2) is 13.1. The Bertz CT molecular complexity index is 422. The summed E-state index contributed by atoms with van der Waals surface area (Å²) < 4.78 is 0. The van der Waals surface area contributed by atoms with Gasteiger partial charge in [0.05, 0.1) is 11.6 Å². The van der Waals surface area contributed by atoms with E-state index in [4.69, 9.17) is 0 Å². The molecule has 22 heavy (non-hydrogen) atoms. The smallest absolute Gasteiger partial charge is 0.191 e. The molecule has 0 bridgehead atoms. The molecule has 0 spiro atoms. The third-order valence-corrected chi connectivity index (χ3v) is 4.42. The molecule has 0 saturated heterocycles. The number of aliphatic imine (C=N–C) groups is 1. The highest BCUT2D eigenvalue weighted by atomic mass is 127. The SMILES string of the molecule is CCNC(=NCCN(C)CC)NCCc1ncc(CC)s1.I. The minimum atomic E-state index is 0. The van der Waals surface area contributed by atoms with Gasteiger partial charge in [-0.15, -0.1) is 35.3 Å². The lowest BCUT2D eigenvalue weighted by molar-refractivity contribution is 0.363. The van der Waals surface area contributed by atoms with Gasteiger partial charge in [0.25, 0.3) is 0 Å². The van der Waals surface area contributed by atoms with Crippen molar-refractivity contribution < 1.29 is 0 Å². The number of nitrogens with zero attached hydrogens (tertiary/aromatic N) is 3. The molecule has 0 amide bonds. The highest BCUT2D eigenvalue weighted by Crippen LogP contribution is 2.13. The van der Waals surface area contributed by atoms with Crippen LogP contribution < -0.4 is 10.6 Å². The van der Waals surface area contributed by atoms with Gasteiger partial charge in [-0.05, 0) is 26.9 Å². The van der Waals surface area contributed by atoms with Crippen molar-refractivity contribution in [1.82, 2.24) is 20.5 Å². The van der Waals surface area contributed by atoms with Crippen LogP contribution in [0.4, 0.5) is 0 Å². The zero-order chi connectivity index (χ0) is 15.5. The highest BCUT2D eigenvalue weighted by Gasteiger charge is 2.02. The first-order valence-electron chi connectivity index (χ1n) is 7.83. The first-order valence-corrected chi connectivity index (χ1v) is 8.65. The maximum atomic E-state index is 4.59. The second-order valence-electron chi connectivity index (χ2n) is 4.91. The molecule has 0 aliphatic carbocycles. The number of likely N-dealkylation sites (N-methyl/N-ethyl adjacent to an activating group) is 1. The number of hydrogen-bond acceptors (Lipinski definition) is 4. The van der Waals surface area contributed by atoms with E-state index in [1.165, 1.54) is 9.88 Å². The predicted molar refractivity (Wildman–Crippen MR) is 108 cm³/mol. The van der Waals surface area contributed by atoms with Gasteiger partial charge in [0.15, 0.2) is 5.96 Å². The highest BCUT2D eigenvalue weighted by molar-refractivity contribution is 14.0. The van der Waals surface area contributed by atoms with Crippen molar-refractivity contribution in [3.05, 3.63) is 16.1 Å². The van der Waals surface area contributed by atoms with Gasteiger partial charge in [-0.25, -0.2) is 4.98 Å². The summed E-state index contributed by atoms with van der Waals surface area (Å²) in [6.45, 7) is 11.0. The first kappa shape index (κ1) is 21.6. The topological polar surface area (TPSA) is 52.6 Å². The lowest BCUT2D eigenvalue weighted by Gasteiger charge is -2.14. The fourth-order valence-electron chi connectivity index (χ4n) is 1.75. The maximum Gasteiger partial charge on any atom is 0.191 e. The van der Waals surface area contributed by atoms with Crippen LogP contribution in [-0.2, 0) is 12.8 Å². The Hall–Kier alpha value is -0.410. The average Bonchev–Trinajstić information content (AvgIpc) is 2.95. The Morgan fingerprint density at radius 3 is 2.68 bits per heavy atom. The van der Waals surface area contributed by atoms with E-state index in [1.807, 2.05) is 6.20 Å². The number of nitrogens with one attached hydrogen (secondary N) is 2. The van der Waals surface area contributed by atoms with E-state index in [9.17, 15) is 0 Å². The van der Waals surface area contributed by atoms with Crippen LogP contribution in [0.15, 0.2) is 11.2 Å². The molecule has 0 aromatic carbocycles. The number of thiazole rings is 1. The van der Waals surface area contributed by atoms with Gasteiger partial charge in [0.1, 0.15) is 0 Å². The minimum Gasteiger partial charge on any atom is -0.357 e. The number of aromatic nitrogens is 1. The molecule has 0 atom stereocenters. The van der Waals surface area contributed by atoms with Crippen molar-refractivity contribution in [1.29, 1.82) is 0 Å². The molecule has 2 N–H and O–H groups in total. The molecular weight excluding hydrogens is 409 g/mol. The zero-order valence-electron chi connectivity index (χ0n) is 14.2. The molecule has 128 valence electrons. The standard InChI is InChI=1S/C15H29N5S.HI/c1-5-13-12-19-14(21-13)8-9-17-15(16-6-2)18-10-11-20(4)7-3;/h12H,5-11H2,1-4H3,(H2,16,17,18);1H. The van der Waals surface area contributed by atoms with E-state index in [2.05, 4.69) is 53.3 Å². The lowest BCUT2D eigenvalue weighted by atomic mass is 10.4. The third kappa shape index (κ3) is 8.89. The Morgan fingerprint density at radius 1 is 1.32 bits per heavy atom. The zero-order valence-corrected chi connectivity index (χ0v) is 17.3. The molecule has 1 rings (SSSR count). The van der Waals surface area contributed by atoms with Crippen LogP contribution in [0.1, 0.15) is 30.7 Å². The van der Waals surface area contributed by atoms with Crippen molar-refractivity contribution in [3.8, 4) is 0 Å². The fourth-order valence-corrected chi connectivity index (χ4v) is 2.61. The van der Waals surface area contributed by atoms with Crippen molar-refractivity contribution in [2.24, 2.45) is 4.99 Å². The summed E-state index contributed by atoms with van der Waals surface area (Å²) in [6, 6.07) is 0. The van der Waals surface area contributed by atoms with Gasteiger partial charge in [-0.2, -0.15) is 0 Å². The molecular formula is C15H30IN5S. The summed E-state index contributed by atoms with van der Waals surface area (Å²) in [5, 5.41) is 7.85. The summed E-state index contributed by atoms with van der Waals surface area (Å²) in [5.41, 5.74) is 0. The quantitative estimate of drug-likeness (QED) is 0.353. The second-order valence-corrected chi connectivity index (χ2v) is 6.11. The van der Waals surface area contributed by atoms with Gasteiger partial charge in [-0.1, -0.05) is 13.8 Å². The van der Waals surface area contributed by atoms with Crippen molar-refractivity contribution >= 4 is 41.3 Å². The summed E-state index contributed by atoms with van der Waals surface area (Å²) in [4.78, 5) is 12.6. The van der Waals surface area contributed by atoms with E-state index >= 15 is 0 Å². The molecule has 0 fully saturated rings. The molecule has 7 heteroatoms. The van der Waals surface area contributed by atoms with Crippen molar-refractivity contribution in [2.45, 2.75) is 33.6 Å². The molecule has 0 aliphatic heterocycles. The van der Waals surface area contributed by atoms with Crippen LogP contribution >= 0.6 is 35.3 Å². The van der Waals surface area contributed by atoms with Gasteiger partial charge in [0, 0.05) is 37.1 Å². The van der Waals surface area contributed by atoms with Crippen molar-refractivity contribution in [3.63, 3.8) is 0 Å². The lowest BCUT2D eigenvalue weighted by Crippen LogP contribution is -2.38. The molecule has 0 unspecified atom stereocenters. The Morgan fingerprint density at radius 2 is 2.09 bits per heavy atom.